The Morgan fingerprint density at radius 2 is 1.20 bits per heavy atom. The van der Waals surface area contributed by atoms with E-state index >= 15 is 0 Å². The van der Waals surface area contributed by atoms with Gasteiger partial charge in [0, 0.05) is 57.7 Å². The Labute approximate surface area is 326 Å². The maximum absolute atomic E-state index is 13.1. The number of fused-ring (bicyclic) bond motifs is 4. The van der Waals surface area contributed by atoms with E-state index in [-0.39, 0.29) is 79.0 Å². The third-order valence-electron chi connectivity index (χ3n) is 12.9. The molecule has 308 valence electrons. The number of alkyl halides is 1. The maximum atomic E-state index is 13.1. The zero-order chi connectivity index (χ0) is 41.2. The lowest BCUT2D eigenvalue weighted by Crippen LogP contribution is -2.44. The monoisotopic (exact) mass is 775 g/mol. The number of amides is 2. The van der Waals surface area contributed by atoms with Crippen molar-refractivity contribution >= 4 is 35.3 Å². The van der Waals surface area contributed by atoms with Crippen LogP contribution >= 0.6 is 0 Å². The van der Waals surface area contributed by atoms with Crippen LogP contribution in [0.5, 0.6) is 0 Å². The molecule has 4 aliphatic heterocycles. The second-order valence-electron chi connectivity index (χ2n) is 16.8. The molecule has 0 radical (unpaired) electrons. The Morgan fingerprint density at radius 3 is 1.64 bits per heavy atom. The number of nitrogens with zero attached hydrogens (tertiary/aromatic N) is 2. The Morgan fingerprint density at radius 1 is 0.764 bits per heavy atom. The SMILES string of the molecule is CO[C@@H]1C[C@H]2C(=O)C[C@]3(C(=O)O)C[C@H]3/C=C\CCCCC[C@H](C)C(=O)N2C1.C[C@H]1CCCCC/C=C\[C@@H]2C[C@@]2(C(=O)O)CC(=O)[C@@H]2C[C@@H](O)CN2C1=O.[2H]CF. The van der Waals surface area contributed by atoms with E-state index in [1.807, 2.05) is 32.1 Å². The average molecular weight is 776 g/mol. The van der Waals surface area contributed by atoms with Gasteiger partial charge in [0.2, 0.25) is 11.8 Å². The number of ether oxygens (including phenoxy) is 1. The van der Waals surface area contributed by atoms with E-state index in [1.54, 1.807) is 12.0 Å². The van der Waals surface area contributed by atoms with Crippen LogP contribution in [0.4, 0.5) is 4.39 Å². The van der Waals surface area contributed by atoms with Gasteiger partial charge in [-0.2, -0.15) is 0 Å². The highest BCUT2D eigenvalue weighted by Gasteiger charge is 2.62. The maximum Gasteiger partial charge on any atom is 0.310 e. The molecule has 2 saturated carbocycles. The summed E-state index contributed by atoms with van der Waals surface area (Å²) >= 11 is 0. The summed E-state index contributed by atoms with van der Waals surface area (Å²) in [5.41, 5.74) is -2.01. The van der Waals surface area contributed by atoms with Crippen LogP contribution in [-0.2, 0) is 33.5 Å². The van der Waals surface area contributed by atoms with Gasteiger partial charge in [0.25, 0.3) is 0 Å². The zero-order valence-electron chi connectivity index (χ0n) is 33.8. The Hall–Kier alpha value is -3.45. The highest BCUT2D eigenvalue weighted by molar-refractivity contribution is 5.96. The van der Waals surface area contributed by atoms with Crippen molar-refractivity contribution in [3.8, 4) is 0 Å². The van der Waals surface area contributed by atoms with E-state index in [0.717, 1.165) is 64.2 Å². The molecule has 0 aromatic heterocycles. The summed E-state index contributed by atoms with van der Waals surface area (Å²) < 4.78 is 20.9. The summed E-state index contributed by atoms with van der Waals surface area (Å²) in [5.74, 6) is -2.79. The normalized spacial score (nSPS) is 38.5. The number of halogens is 1. The number of aliphatic carboxylic acids is 2. The molecule has 13 heteroatoms. The molecule has 2 saturated heterocycles. The lowest BCUT2D eigenvalue weighted by molar-refractivity contribution is -0.148. The first-order valence-corrected chi connectivity index (χ1v) is 20.2. The number of carbonyl (C=O) groups excluding carboxylic acids is 4. The van der Waals surface area contributed by atoms with Gasteiger partial charge < -0.3 is 29.9 Å². The molecule has 0 aromatic carbocycles. The van der Waals surface area contributed by atoms with Crippen molar-refractivity contribution in [1.29, 1.82) is 0 Å². The summed E-state index contributed by atoms with van der Waals surface area (Å²) in [6, 6.07) is -1.25. The number of aliphatic hydroxyl groups is 1. The van der Waals surface area contributed by atoms with Gasteiger partial charge in [-0.15, -0.1) is 0 Å². The third-order valence-corrected chi connectivity index (χ3v) is 12.9. The van der Waals surface area contributed by atoms with Gasteiger partial charge in [-0.1, -0.05) is 63.8 Å². The van der Waals surface area contributed by atoms with Gasteiger partial charge >= 0.3 is 11.9 Å². The van der Waals surface area contributed by atoms with Gasteiger partial charge in [-0.25, -0.2) is 0 Å². The molecule has 0 spiro atoms. The van der Waals surface area contributed by atoms with E-state index in [0.29, 0.717) is 25.8 Å². The first-order valence-electron chi connectivity index (χ1n) is 20.9. The number of carbonyl (C=O) groups is 6. The van der Waals surface area contributed by atoms with Crippen LogP contribution in [0, 0.1) is 34.5 Å². The Bertz CT molecular complexity index is 1490. The molecular weight excluding hydrogens is 711 g/mol. The zero-order valence-corrected chi connectivity index (χ0v) is 32.8. The van der Waals surface area contributed by atoms with Gasteiger partial charge in [0.05, 0.1) is 43.6 Å². The number of carboxylic acids is 2. The number of allylic oxidation sites excluding steroid dienone is 4. The molecule has 2 amide bonds. The first-order chi connectivity index (χ1) is 26.6. The number of aliphatic hydroxyl groups excluding tert-OH is 1. The van der Waals surface area contributed by atoms with Crippen molar-refractivity contribution in [2.24, 2.45) is 34.5 Å². The summed E-state index contributed by atoms with van der Waals surface area (Å²) in [4.78, 5) is 78.6. The number of rotatable bonds is 3. The Balaban J connectivity index is 0.000000233. The smallest absolute Gasteiger partial charge is 0.310 e. The summed E-state index contributed by atoms with van der Waals surface area (Å²) in [6.45, 7) is 4.39. The van der Waals surface area contributed by atoms with Gasteiger partial charge in [-0.3, -0.25) is 33.2 Å². The van der Waals surface area contributed by atoms with Crippen molar-refractivity contribution in [1.82, 2.24) is 9.80 Å². The van der Waals surface area contributed by atoms with Crippen LogP contribution in [-0.4, -0.2) is 112 Å². The lowest BCUT2D eigenvalue weighted by atomic mass is 9.91. The molecule has 2 aliphatic carbocycles. The van der Waals surface area contributed by atoms with E-state index in [2.05, 4.69) is 6.08 Å². The Kier molecular flexibility index (Phi) is 15.2. The predicted molar refractivity (Wildman–Crippen MR) is 202 cm³/mol. The van der Waals surface area contributed by atoms with Gasteiger partial charge in [-0.05, 0) is 63.2 Å². The molecule has 4 heterocycles. The molecule has 55 heavy (non-hydrogen) atoms. The van der Waals surface area contributed by atoms with Crippen LogP contribution in [0.15, 0.2) is 24.3 Å². The van der Waals surface area contributed by atoms with E-state index in [4.69, 9.17) is 6.11 Å². The van der Waals surface area contributed by atoms with Gasteiger partial charge in [0.1, 0.15) is 0 Å². The van der Waals surface area contributed by atoms with Crippen LogP contribution < -0.4 is 0 Å². The third kappa shape index (κ3) is 10.5. The van der Waals surface area contributed by atoms with Crippen LogP contribution in [0.2, 0.25) is 0 Å². The summed E-state index contributed by atoms with van der Waals surface area (Å²) in [7, 11) is 0.593. The molecule has 12 nitrogen and oxygen atoms in total. The highest BCUT2D eigenvalue weighted by atomic mass is 19.1. The van der Waals surface area contributed by atoms with Gasteiger partial charge in [0.15, 0.2) is 11.6 Å². The van der Waals surface area contributed by atoms with Crippen LogP contribution in [0.3, 0.4) is 0 Å². The number of ketones is 2. The van der Waals surface area contributed by atoms with E-state index in [1.165, 1.54) is 4.90 Å². The molecule has 0 bridgehead atoms. The minimum Gasteiger partial charge on any atom is -0.481 e. The predicted octanol–water partition coefficient (Wildman–Crippen LogP) is 5.55. The number of hydrogen-bond acceptors (Lipinski definition) is 8. The fourth-order valence-corrected chi connectivity index (χ4v) is 9.07. The molecule has 0 unspecified atom stereocenters. The summed E-state index contributed by atoms with van der Waals surface area (Å²) in [6.07, 6.45) is 18.3. The van der Waals surface area contributed by atoms with Crippen molar-refractivity contribution < 1.29 is 54.6 Å². The van der Waals surface area contributed by atoms with Crippen molar-refractivity contribution in [3.63, 3.8) is 0 Å². The minimum absolute atomic E-state index is 0.00220. The largest absolute Gasteiger partial charge is 0.481 e. The minimum atomic E-state index is -1.03. The van der Waals surface area contributed by atoms with Crippen molar-refractivity contribution in [2.75, 3.05) is 27.4 Å². The van der Waals surface area contributed by atoms with E-state index < -0.39 is 48.1 Å². The number of methoxy groups -OCH3 is 1. The quantitative estimate of drug-likeness (QED) is 0.308. The molecular formula is C42H63FN2O10. The molecule has 4 fully saturated rings. The summed E-state index contributed by atoms with van der Waals surface area (Å²) in [5, 5.41) is 29.4. The number of Topliss-reactive ketones (excluding diaryl/α,β-unsaturated/α-hetero) is 2. The van der Waals surface area contributed by atoms with Crippen molar-refractivity contribution in [2.45, 2.75) is 141 Å². The topological polar surface area (TPSA) is 179 Å². The molecule has 6 aliphatic rings. The second-order valence-corrected chi connectivity index (χ2v) is 16.8. The standard InChI is InChI=1S/C21H31NO5.C20H29NO5.CH3F/c1-14-8-6-4-3-5-7-9-15-11-21(15,20(25)26)12-18(23)17-10-16(27-2)13-22(17)19(14)24;1-13-7-5-3-2-4-6-8-14-10-20(14,19(25)26)11-17(23)16-9-15(22)12-21(16)18(13)24;1-2/h7,9,14-17H,3-6,8,10-13H2,1-2H3,(H,25,26);6,8,13-16,22H,2-5,7,9-12H2,1H3,(H,25,26);1H3/b9-7-;8-6-;/t14-,15+,16+,17-,21+;13-,14+,15+,16-,20+;/m00./s1/i;;1D. The fraction of sp³-hybridized carbons (Fsp3) is 0.762. The second kappa shape index (κ2) is 19.6. The van der Waals surface area contributed by atoms with Crippen LogP contribution in [0.1, 0.15) is 118 Å². The fourth-order valence-electron chi connectivity index (χ4n) is 9.07. The first kappa shape index (κ1) is 42.7. The average Bonchev–Trinajstić information content (AvgIpc) is 3.92. The molecule has 0 aromatic rings. The highest BCUT2D eigenvalue weighted by Crippen LogP contribution is 2.58. The molecule has 6 rings (SSSR count). The molecule has 3 N–H and O–H groups in total. The van der Waals surface area contributed by atoms with E-state index in [9.17, 15) is 48.5 Å². The number of carboxylic acid groups (broad SMARTS) is 2. The molecule has 10 atom stereocenters. The number of hydrogen-bond donors (Lipinski definition) is 3. The van der Waals surface area contributed by atoms with Crippen molar-refractivity contribution in [3.05, 3.63) is 24.3 Å². The van der Waals surface area contributed by atoms with Crippen LogP contribution in [0.25, 0.3) is 0 Å². The lowest BCUT2D eigenvalue weighted by Gasteiger charge is -2.27.